The zero-order valence-corrected chi connectivity index (χ0v) is 13.0. The van der Waals surface area contributed by atoms with Gasteiger partial charge in [-0.2, -0.15) is 5.26 Å². The first-order valence-corrected chi connectivity index (χ1v) is 7.68. The summed E-state index contributed by atoms with van der Waals surface area (Å²) in [4.78, 5) is 12.1. The molecule has 0 aromatic heterocycles. The number of rotatable bonds is 10. The number of nitrogens with zero attached hydrogens (tertiary/aromatic N) is 1. The number of ether oxygens (including phenoxy) is 1. The van der Waals surface area contributed by atoms with E-state index in [0.717, 1.165) is 44.9 Å². The molecular weight excluding hydrogens is 238 g/mol. The molecule has 3 heteroatoms. The summed E-state index contributed by atoms with van der Waals surface area (Å²) in [7, 11) is 0. The minimum atomic E-state index is -0.612. The summed E-state index contributed by atoms with van der Waals surface area (Å²) < 4.78 is 5.11. The molecule has 0 aliphatic heterocycles. The van der Waals surface area contributed by atoms with E-state index in [4.69, 9.17) is 4.74 Å². The Bertz CT molecular complexity index is 288. The van der Waals surface area contributed by atoms with Crippen molar-refractivity contribution in [2.24, 2.45) is 11.3 Å². The molecule has 19 heavy (non-hydrogen) atoms. The van der Waals surface area contributed by atoms with Gasteiger partial charge in [-0.25, -0.2) is 0 Å². The SMILES string of the molecule is CCCCC(CCC)(CCC)C(C#N)C(=O)OCC. The van der Waals surface area contributed by atoms with Gasteiger partial charge in [-0.15, -0.1) is 0 Å². The Hall–Kier alpha value is -1.04. The van der Waals surface area contributed by atoms with Crippen molar-refractivity contribution >= 4 is 5.97 Å². The van der Waals surface area contributed by atoms with E-state index in [9.17, 15) is 10.1 Å². The molecular formula is C16H29NO2. The van der Waals surface area contributed by atoms with Crippen molar-refractivity contribution in [2.45, 2.75) is 72.6 Å². The Labute approximate surface area is 118 Å². The minimum absolute atomic E-state index is 0.194. The first kappa shape index (κ1) is 18.0. The van der Waals surface area contributed by atoms with Crippen LogP contribution in [0.2, 0.25) is 0 Å². The van der Waals surface area contributed by atoms with E-state index < -0.39 is 5.92 Å². The zero-order chi connectivity index (χ0) is 14.7. The Kier molecular flexibility index (Phi) is 9.30. The second-order valence-corrected chi connectivity index (χ2v) is 5.28. The van der Waals surface area contributed by atoms with Gasteiger partial charge >= 0.3 is 5.97 Å². The fourth-order valence-corrected chi connectivity index (χ4v) is 3.00. The van der Waals surface area contributed by atoms with Gasteiger partial charge in [-0.05, 0) is 31.6 Å². The summed E-state index contributed by atoms with van der Waals surface area (Å²) >= 11 is 0. The number of esters is 1. The predicted molar refractivity (Wildman–Crippen MR) is 77.5 cm³/mol. The van der Waals surface area contributed by atoms with Crippen LogP contribution < -0.4 is 0 Å². The molecule has 0 aromatic rings. The van der Waals surface area contributed by atoms with Crippen LogP contribution >= 0.6 is 0 Å². The highest BCUT2D eigenvalue weighted by molar-refractivity contribution is 5.76. The Morgan fingerprint density at radius 2 is 1.68 bits per heavy atom. The standard InChI is InChI=1S/C16H29NO2/c1-5-9-12-16(10-6-2,11-7-3)14(13-17)15(18)19-8-4/h14H,5-12H2,1-4H3. The summed E-state index contributed by atoms with van der Waals surface area (Å²) in [6.45, 7) is 8.53. The molecule has 1 atom stereocenters. The largest absolute Gasteiger partial charge is 0.465 e. The molecule has 0 amide bonds. The van der Waals surface area contributed by atoms with Gasteiger partial charge < -0.3 is 4.74 Å². The summed E-state index contributed by atoms with van der Waals surface area (Å²) in [5, 5.41) is 9.46. The lowest BCUT2D eigenvalue weighted by Gasteiger charge is -2.36. The lowest BCUT2D eigenvalue weighted by molar-refractivity contribution is -0.151. The third-order valence-corrected chi connectivity index (χ3v) is 3.79. The summed E-state index contributed by atoms with van der Waals surface area (Å²) in [6, 6.07) is 2.23. The van der Waals surface area contributed by atoms with Crippen LogP contribution in [-0.2, 0) is 9.53 Å². The molecule has 0 aromatic carbocycles. The third kappa shape index (κ3) is 5.22. The van der Waals surface area contributed by atoms with Crippen molar-refractivity contribution in [3.8, 4) is 6.07 Å². The first-order valence-electron chi connectivity index (χ1n) is 7.68. The topological polar surface area (TPSA) is 50.1 Å². The maximum absolute atomic E-state index is 12.1. The molecule has 0 rings (SSSR count). The van der Waals surface area contributed by atoms with Crippen LogP contribution in [0.1, 0.15) is 72.6 Å². The van der Waals surface area contributed by atoms with Crippen LogP contribution in [0.5, 0.6) is 0 Å². The second-order valence-electron chi connectivity index (χ2n) is 5.28. The van der Waals surface area contributed by atoms with Gasteiger partial charge in [-0.3, -0.25) is 4.79 Å². The van der Waals surface area contributed by atoms with E-state index in [1.165, 1.54) is 0 Å². The zero-order valence-electron chi connectivity index (χ0n) is 13.0. The highest BCUT2D eigenvalue weighted by atomic mass is 16.5. The third-order valence-electron chi connectivity index (χ3n) is 3.79. The van der Waals surface area contributed by atoms with E-state index in [1.807, 2.05) is 0 Å². The molecule has 0 N–H and O–H groups in total. The molecule has 0 saturated heterocycles. The number of nitriles is 1. The van der Waals surface area contributed by atoms with Gasteiger partial charge in [0.15, 0.2) is 0 Å². The fourth-order valence-electron chi connectivity index (χ4n) is 3.00. The monoisotopic (exact) mass is 267 g/mol. The highest BCUT2D eigenvalue weighted by Gasteiger charge is 2.42. The van der Waals surface area contributed by atoms with Crippen LogP contribution in [-0.4, -0.2) is 12.6 Å². The highest BCUT2D eigenvalue weighted by Crippen LogP contribution is 2.43. The second kappa shape index (κ2) is 9.83. The molecule has 0 fully saturated rings. The molecule has 3 nitrogen and oxygen atoms in total. The number of hydrogen-bond donors (Lipinski definition) is 0. The molecule has 0 heterocycles. The number of carbonyl (C=O) groups excluding carboxylic acids is 1. The minimum Gasteiger partial charge on any atom is -0.465 e. The number of unbranched alkanes of at least 4 members (excludes halogenated alkanes) is 1. The molecule has 0 saturated carbocycles. The Balaban J connectivity index is 5.22. The van der Waals surface area contributed by atoms with E-state index in [0.29, 0.717) is 6.61 Å². The Morgan fingerprint density at radius 1 is 1.11 bits per heavy atom. The van der Waals surface area contributed by atoms with Gasteiger partial charge in [-0.1, -0.05) is 46.5 Å². The van der Waals surface area contributed by atoms with Crippen molar-refractivity contribution in [1.29, 1.82) is 5.26 Å². The van der Waals surface area contributed by atoms with Crippen LogP contribution in [0.4, 0.5) is 0 Å². The van der Waals surface area contributed by atoms with Crippen LogP contribution in [0.25, 0.3) is 0 Å². The fraction of sp³-hybridized carbons (Fsp3) is 0.875. The van der Waals surface area contributed by atoms with Crippen molar-refractivity contribution < 1.29 is 9.53 Å². The smallest absolute Gasteiger partial charge is 0.323 e. The van der Waals surface area contributed by atoms with Crippen molar-refractivity contribution in [3.05, 3.63) is 0 Å². The molecule has 0 aliphatic carbocycles. The summed E-state index contributed by atoms with van der Waals surface area (Å²) in [6.07, 6.45) is 6.97. The van der Waals surface area contributed by atoms with Crippen molar-refractivity contribution in [2.75, 3.05) is 6.61 Å². The van der Waals surface area contributed by atoms with Gasteiger partial charge in [0.1, 0.15) is 5.92 Å². The van der Waals surface area contributed by atoms with Crippen molar-refractivity contribution in [3.63, 3.8) is 0 Å². The van der Waals surface area contributed by atoms with Crippen LogP contribution in [0, 0.1) is 22.7 Å². The molecule has 0 bridgehead atoms. The first-order chi connectivity index (χ1) is 9.11. The molecule has 0 aliphatic rings. The molecule has 0 radical (unpaired) electrons. The normalized spacial score (nSPS) is 12.8. The van der Waals surface area contributed by atoms with Gasteiger partial charge in [0, 0.05) is 0 Å². The van der Waals surface area contributed by atoms with E-state index in [1.54, 1.807) is 6.92 Å². The lowest BCUT2D eigenvalue weighted by Crippen LogP contribution is -2.36. The lowest BCUT2D eigenvalue weighted by atomic mass is 9.66. The molecule has 0 spiro atoms. The van der Waals surface area contributed by atoms with Crippen LogP contribution in [0.3, 0.4) is 0 Å². The van der Waals surface area contributed by atoms with E-state index in [2.05, 4.69) is 26.8 Å². The van der Waals surface area contributed by atoms with Gasteiger partial charge in [0.2, 0.25) is 0 Å². The average Bonchev–Trinajstić information content (AvgIpc) is 2.38. The van der Waals surface area contributed by atoms with E-state index >= 15 is 0 Å². The molecule has 1 unspecified atom stereocenters. The number of hydrogen-bond acceptors (Lipinski definition) is 3. The quantitative estimate of drug-likeness (QED) is 0.549. The van der Waals surface area contributed by atoms with Gasteiger partial charge in [0.25, 0.3) is 0 Å². The van der Waals surface area contributed by atoms with Crippen molar-refractivity contribution in [1.82, 2.24) is 0 Å². The maximum Gasteiger partial charge on any atom is 0.323 e. The van der Waals surface area contributed by atoms with Crippen LogP contribution in [0.15, 0.2) is 0 Å². The van der Waals surface area contributed by atoms with Gasteiger partial charge in [0.05, 0.1) is 12.7 Å². The maximum atomic E-state index is 12.1. The predicted octanol–water partition coefficient (Wildman–Crippen LogP) is 4.47. The summed E-state index contributed by atoms with van der Waals surface area (Å²) in [5.41, 5.74) is -0.194. The number of carbonyl (C=O) groups is 1. The Morgan fingerprint density at radius 3 is 2.05 bits per heavy atom. The average molecular weight is 267 g/mol. The summed E-state index contributed by atoms with van der Waals surface area (Å²) in [5.74, 6) is -0.943. The van der Waals surface area contributed by atoms with E-state index in [-0.39, 0.29) is 11.4 Å². The molecule has 110 valence electrons.